The number of benzene rings is 2. The highest BCUT2D eigenvalue weighted by Gasteiger charge is 2.16. The summed E-state index contributed by atoms with van der Waals surface area (Å²) < 4.78 is 15.6. The zero-order chi connectivity index (χ0) is 18.0. The van der Waals surface area contributed by atoms with Gasteiger partial charge in [0.05, 0.1) is 28.2 Å². The van der Waals surface area contributed by atoms with Gasteiger partial charge < -0.3 is 5.32 Å². The summed E-state index contributed by atoms with van der Waals surface area (Å²) in [7, 11) is 0. The van der Waals surface area contributed by atoms with Gasteiger partial charge in [-0.3, -0.25) is 4.79 Å². The number of amides is 1. The van der Waals surface area contributed by atoms with Crippen LogP contribution in [-0.2, 0) is 0 Å². The molecule has 0 aliphatic carbocycles. The molecule has 0 radical (unpaired) electrons. The summed E-state index contributed by atoms with van der Waals surface area (Å²) in [6.45, 7) is 4.09. The number of nitrogens with zero attached hydrogens (tertiary/aromatic N) is 3. The van der Waals surface area contributed by atoms with E-state index >= 15 is 0 Å². The van der Waals surface area contributed by atoms with Crippen molar-refractivity contribution in [1.82, 2.24) is 15.0 Å². The smallest absolute Gasteiger partial charge is 0.260 e. The SMILES string of the molecule is CC(C)c1cnnn1-c1cccc(NC(=O)c2c(F)cccc2Cl)c1. The van der Waals surface area contributed by atoms with Gasteiger partial charge in [-0.1, -0.05) is 42.8 Å². The number of hydrogen-bond donors (Lipinski definition) is 1. The Morgan fingerprint density at radius 1 is 1.24 bits per heavy atom. The molecule has 0 saturated carbocycles. The third-order valence-electron chi connectivity index (χ3n) is 3.71. The molecule has 0 fully saturated rings. The van der Waals surface area contributed by atoms with E-state index in [0.717, 1.165) is 11.4 Å². The lowest BCUT2D eigenvalue weighted by Gasteiger charge is -2.11. The molecule has 1 amide bonds. The standard InChI is InChI=1S/C18H16ClFN4O/c1-11(2)16-10-21-23-24(16)13-6-3-5-12(9-13)22-18(25)17-14(19)7-4-8-15(17)20/h3-11H,1-2H3,(H,22,25). The maximum Gasteiger partial charge on any atom is 0.260 e. The predicted molar refractivity (Wildman–Crippen MR) is 94.8 cm³/mol. The van der Waals surface area contributed by atoms with E-state index in [9.17, 15) is 9.18 Å². The molecule has 25 heavy (non-hydrogen) atoms. The van der Waals surface area contributed by atoms with Crippen molar-refractivity contribution >= 4 is 23.2 Å². The first-order valence-corrected chi connectivity index (χ1v) is 8.11. The molecule has 0 saturated heterocycles. The normalized spacial score (nSPS) is 10.9. The van der Waals surface area contributed by atoms with E-state index in [0.29, 0.717) is 5.69 Å². The van der Waals surface area contributed by atoms with Crippen molar-refractivity contribution in [3.63, 3.8) is 0 Å². The van der Waals surface area contributed by atoms with E-state index in [2.05, 4.69) is 15.6 Å². The van der Waals surface area contributed by atoms with Gasteiger partial charge in [0, 0.05) is 5.69 Å². The summed E-state index contributed by atoms with van der Waals surface area (Å²) >= 11 is 5.94. The van der Waals surface area contributed by atoms with Gasteiger partial charge in [-0.25, -0.2) is 9.07 Å². The Balaban J connectivity index is 1.90. The minimum Gasteiger partial charge on any atom is -0.322 e. The van der Waals surface area contributed by atoms with E-state index in [1.54, 1.807) is 29.1 Å². The van der Waals surface area contributed by atoms with Gasteiger partial charge in [0.25, 0.3) is 5.91 Å². The molecule has 1 aromatic heterocycles. The molecule has 0 spiro atoms. The quantitative estimate of drug-likeness (QED) is 0.750. The maximum absolute atomic E-state index is 13.9. The highest BCUT2D eigenvalue weighted by atomic mass is 35.5. The van der Waals surface area contributed by atoms with E-state index < -0.39 is 11.7 Å². The number of anilines is 1. The summed E-state index contributed by atoms with van der Waals surface area (Å²) in [6, 6.07) is 11.2. The average molecular weight is 359 g/mol. The Kier molecular flexibility index (Phi) is 4.81. The van der Waals surface area contributed by atoms with Crippen LogP contribution < -0.4 is 5.32 Å². The second-order valence-electron chi connectivity index (χ2n) is 5.83. The lowest BCUT2D eigenvalue weighted by molar-refractivity contribution is 0.102. The van der Waals surface area contributed by atoms with Gasteiger partial charge in [-0.2, -0.15) is 0 Å². The van der Waals surface area contributed by atoms with Crippen molar-refractivity contribution in [2.24, 2.45) is 0 Å². The Hall–Kier alpha value is -2.73. The lowest BCUT2D eigenvalue weighted by atomic mass is 10.1. The number of carbonyl (C=O) groups is 1. The second kappa shape index (κ2) is 7.03. The summed E-state index contributed by atoms with van der Waals surface area (Å²) in [5.41, 5.74) is 2.02. The van der Waals surface area contributed by atoms with Crippen molar-refractivity contribution < 1.29 is 9.18 Å². The lowest BCUT2D eigenvalue weighted by Crippen LogP contribution is -2.15. The summed E-state index contributed by atoms with van der Waals surface area (Å²) in [5.74, 6) is -1.03. The topological polar surface area (TPSA) is 59.8 Å². The maximum atomic E-state index is 13.9. The number of carbonyl (C=O) groups excluding carboxylic acids is 1. The van der Waals surface area contributed by atoms with Gasteiger partial charge in [-0.15, -0.1) is 5.10 Å². The van der Waals surface area contributed by atoms with Gasteiger partial charge in [0.15, 0.2) is 0 Å². The van der Waals surface area contributed by atoms with Gasteiger partial charge in [0.2, 0.25) is 0 Å². The molecule has 0 atom stereocenters. The fourth-order valence-corrected chi connectivity index (χ4v) is 2.71. The third-order valence-corrected chi connectivity index (χ3v) is 4.02. The molecule has 7 heteroatoms. The number of nitrogens with one attached hydrogen (secondary N) is 1. The summed E-state index contributed by atoms with van der Waals surface area (Å²) in [6.07, 6.45) is 1.70. The molecular formula is C18H16ClFN4O. The Morgan fingerprint density at radius 3 is 2.72 bits per heavy atom. The number of hydrogen-bond acceptors (Lipinski definition) is 3. The van der Waals surface area contributed by atoms with Gasteiger partial charge >= 0.3 is 0 Å². The predicted octanol–water partition coefficient (Wildman–Crippen LogP) is 4.44. The molecule has 128 valence electrons. The first-order chi connectivity index (χ1) is 12.0. The van der Waals surface area contributed by atoms with E-state index in [-0.39, 0.29) is 16.5 Å². The molecule has 1 heterocycles. The summed E-state index contributed by atoms with van der Waals surface area (Å²) in [4.78, 5) is 12.4. The Labute approximate surface area is 149 Å². The number of halogens is 2. The van der Waals surface area contributed by atoms with Crippen molar-refractivity contribution in [2.45, 2.75) is 19.8 Å². The highest BCUT2D eigenvalue weighted by molar-refractivity contribution is 6.34. The van der Waals surface area contributed by atoms with Crippen LogP contribution in [0.4, 0.5) is 10.1 Å². The largest absolute Gasteiger partial charge is 0.322 e. The van der Waals surface area contributed by atoms with Crippen LogP contribution in [0.3, 0.4) is 0 Å². The molecule has 3 aromatic rings. The highest BCUT2D eigenvalue weighted by Crippen LogP contribution is 2.23. The Morgan fingerprint density at radius 2 is 2.00 bits per heavy atom. The third kappa shape index (κ3) is 3.53. The molecule has 0 bridgehead atoms. The first-order valence-electron chi connectivity index (χ1n) is 7.73. The van der Waals surface area contributed by atoms with Crippen LogP contribution in [-0.4, -0.2) is 20.9 Å². The molecular weight excluding hydrogens is 343 g/mol. The average Bonchev–Trinajstić information content (AvgIpc) is 3.05. The molecule has 1 N–H and O–H groups in total. The van der Waals surface area contributed by atoms with Crippen molar-refractivity contribution in [1.29, 1.82) is 0 Å². The van der Waals surface area contributed by atoms with Crippen molar-refractivity contribution in [3.05, 3.63) is 70.8 Å². The zero-order valence-corrected chi connectivity index (χ0v) is 14.5. The minimum absolute atomic E-state index is 0.0621. The van der Waals surface area contributed by atoms with Crippen LogP contribution in [0, 0.1) is 5.82 Å². The Bertz CT molecular complexity index is 903. The van der Waals surface area contributed by atoms with Crippen LogP contribution in [0.2, 0.25) is 5.02 Å². The molecule has 0 aliphatic heterocycles. The van der Waals surface area contributed by atoms with Crippen molar-refractivity contribution in [2.75, 3.05) is 5.32 Å². The zero-order valence-electron chi connectivity index (χ0n) is 13.7. The van der Waals surface area contributed by atoms with Crippen LogP contribution in [0.1, 0.15) is 35.8 Å². The fourth-order valence-electron chi connectivity index (χ4n) is 2.46. The van der Waals surface area contributed by atoms with Crippen LogP contribution in [0.15, 0.2) is 48.7 Å². The second-order valence-corrected chi connectivity index (χ2v) is 6.23. The monoisotopic (exact) mass is 358 g/mol. The molecule has 0 aliphatic rings. The molecule has 5 nitrogen and oxygen atoms in total. The van der Waals surface area contributed by atoms with Gasteiger partial charge in [0.1, 0.15) is 5.82 Å². The summed E-state index contributed by atoms with van der Waals surface area (Å²) in [5, 5.41) is 10.8. The number of rotatable bonds is 4. The van der Waals surface area contributed by atoms with Crippen LogP contribution >= 0.6 is 11.6 Å². The molecule has 0 unspecified atom stereocenters. The van der Waals surface area contributed by atoms with E-state index in [1.807, 2.05) is 19.9 Å². The molecule has 2 aromatic carbocycles. The van der Waals surface area contributed by atoms with E-state index in [4.69, 9.17) is 11.6 Å². The van der Waals surface area contributed by atoms with E-state index in [1.165, 1.54) is 18.2 Å². The first kappa shape index (κ1) is 17.1. The van der Waals surface area contributed by atoms with Crippen LogP contribution in [0.25, 0.3) is 5.69 Å². The number of aromatic nitrogens is 3. The molecule has 3 rings (SSSR count). The minimum atomic E-state index is -0.667. The fraction of sp³-hybridized carbons (Fsp3) is 0.167. The van der Waals surface area contributed by atoms with Crippen molar-refractivity contribution in [3.8, 4) is 5.69 Å². The van der Waals surface area contributed by atoms with Gasteiger partial charge in [-0.05, 0) is 36.2 Å². The van der Waals surface area contributed by atoms with Crippen LogP contribution in [0.5, 0.6) is 0 Å².